The number of halogens is 1. The first-order chi connectivity index (χ1) is 6.84. The highest BCUT2D eigenvalue weighted by molar-refractivity contribution is 6.29. The third kappa shape index (κ3) is 2.30. The Bertz CT molecular complexity index is 415. The first-order valence-corrected chi connectivity index (χ1v) is 4.73. The van der Waals surface area contributed by atoms with Gasteiger partial charge in [-0.15, -0.1) is 0 Å². The normalized spacial score (nSPS) is 10.1. The molecule has 2 aromatic heterocycles. The van der Waals surface area contributed by atoms with Crippen LogP contribution in [0.25, 0.3) is 0 Å². The summed E-state index contributed by atoms with van der Waals surface area (Å²) in [5.74, 6) is 0. The predicted octanol–water partition coefficient (Wildman–Crippen LogP) is 2.72. The van der Waals surface area contributed by atoms with Crippen LogP contribution >= 0.6 is 11.6 Å². The third-order valence-electron chi connectivity index (χ3n) is 1.88. The van der Waals surface area contributed by atoms with Gasteiger partial charge >= 0.3 is 0 Å². The second kappa shape index (κ2) is 4.20. The molecule has 0 saturated heterocycles. The maximum atomic E-state index is 5.78. The molecule has 2 rings (SSSR count). The van der Waals surface area contributed by atoms with E-state index in [0.717, 1.165) is 17.7 Å². The zero-order chi connectivity index (χ0) is 9.80. The van der Waals surface area contributed by atoms with Gasteiger partial charge in [-0.3, -0.25) is 4.98 Å². The zero-order valence-electron chi connectivity index (χ0n) is 7.52. The van der Waals surface area contributed by atoms with E-state index < -0.39 is 0 Å². The topological polar surface area (TPSA) is 25.8 Å². The predicted molar refractivity (Wildman–Crippen MR) is 56.3 cm³/mol. The lowest BCUT2D eigenvalue weighted by atomic mass is 10.1. The Morgan fingerprint density at radius 3 is 2.79 bits per heavy atom. The van der Waals surface area contributed by atoms with E-state index in [2.05, 4.69) is 9.97 Å². The average molecular weight is 205 g/mol. The van der Waals surface area contributed by atoms with Crippen molar-refractivity contribution in [1.82, 2.24) is 9.97 Å². The van der Waals surface area contributed by atoms with Gasteiger partial charge in [0.1, 0.15) is 5.15 Å². The molecule has 0 aromatic carbocycles. The Morgan fingerprint density at radius 1 is 1.14 bits per heavy atom. The minimum Gasteiger partial charge on any atom is -0.264 e. The molecule has 70 valence electrons. The number of pyridine rings is 2. The maximum absolute atomic E-state index is 5.78. The fraction of sp³-hybridized carbons (Fsp3) is 0.0909. The summed E-state index contributed by atoms with van der Waals surface area (Å²) < 4.78 is 0. The fourth-order valence-electron chi connectivity index (χ4n) is 1.26. The second-order valence-electron chi connectivity index (χ2n) is 2.99. The highest BCUT2D eigenvalue weighted by atomic mass is 35.5. The second-order valence-corrected chi connectivity index (χ2v) is 3.38. The van der Waals surface area contributed by atoms with Crippen molar-refractivity contribution < 1.29 is 0 Å². The van der Waals surface area contributed by atoms with Crippen LogP contribution in [0.3, 0.4) is 0 Å². The molecule has 0 saturated carbocycles. The smallest absolute Gasteiger partial charge is 0.129 e. The van der Waals surface area contributed by atoms with Crippen molar-refractivity contribution in [3.05, 3.63) is 59.1 Å². The average Bonchev–Trinajstić information content (AvgIpc) is 2.19. The Labute approximate surface area is 87.6 Å². The lowest BCUT2D eigenvalue weighted by molar-refractivity contribution is 1.06. The molecule has 0 radical (unpaired) electrons. The monoisotopic (exact) mass is 204 g/mol. The van der Waals surface area contributed by atoms with Gasteiger partial charge in [-0.1, -0.05) is 23.7 Å². The molecule has 0 spiro atoms. The fourth-order valence-corrected chi connectivity index (χ4v) is 1.44. The zero-order valence-corrected chi connectivity index (χ0v) is 8.28. The van der Waals surface area contributed by atoms with Gasteiger partial charge in [0.15, 0.2) is 0 Å². The van der Waals surface area contributed by atoms with Gasteiger partial charge in [0.2, 0.25) is 0 Å². The molecule has 14 heavy (non-hydrogen) atoms. The minimum absolute atomic E-state index is 0.534. The molecule has 0 aliphatic heterocycles. The molecule has 2 heterocycles. The maximum Gasteiger partial charge on any atom is 0.129 e. The van der Waals surface area contributed by atoms with Crippen molar-refractivity contribution in [2.45, 2.75) is 6.42 Å². The number of hydrogen-bond acceptors (Lipinski definition) is 2. The molecule has 2 aromatic rings. The van der Waals surface area contributed by atoms with Gasteiger partial charge in [0, 0.05) is 24.5 Å². The molecule has 0 fully saturated rings. The summed E-state index contributed by atoms with van der Waals surface area (Å²) in [6.45, 7) is 0. The van der Waals surface area contributed by atoms with Crippen LogP contribution in [0.15, 0.2) is 42.7 Å². The van der Waals surface area contributed by atoms with Crippen molar-refractivity contribution in [1.29, 1.82) is 0 Å². The summed E-state index contributed by atoms with van der Waals surface area (Å²) in [6, 6.07) is 9.57. The lowest BCUT2D eigenvalue weighted by Gasteiger charge is -2.00. The number of hydrogen-bond donors (Lipinski definition) is 0. The molecule has 2 nitrogen and oxygen atoms in total. The molecule has 3 heteroatoms. The molecule has 0 N–H and O–H groups in total. The first-order valence-electron chi connectivity index (χ1n) is 4.35. The van der Waals surface area contributed by atoms with Crippen LogP contribution < -0.4 is 0 Å². The van der Waals surface area contributed by atoms with Gasteiger partial charge in [-0.05, 0) is 23.8 Å². The Balaban J connectivity index is 2.19. The van der Waals surface area contributed by atoms with Gasteiger partial charge in [0.25, 0.3) is 0 Å². The summed E-state index contributed by atoms with van der Waals surface area (Å²) in [5.41, 5.74) is 2.10. The van der Waals surface area contributed by atoms with E-state index >= 15 is 0 Å². The summed E-state index contributed by atoms with van der Waals surface area (Å²) in [6.07, 6.45) is 4.37. The standard InChI is InChI=1S/C11H9ClN2/c12-11-5-1-4-10(14-11)7-9-3-2-6-13-8-9/h1-6,8H,7H2. The minimum atomic E-state index is 0.534. The van der Waals surface area contributed by atoms with Crippen molar-refractivity contribution in [3.63, 3.8) is 0 Å². The van der Waals surface area contributed by atoms with E-state index in [9.17, 15) is 0 Å². The molecular formula is C11H9ClN2. The van der Waals surface area contributed by atoms with Crippen LogP contribution in [0.2, 0.25) is 5.15 Å². The Morgan fingerprint density at radius 2 is 2.07 bits per heavy atom. The highest BCUT2D eigenvalue weighted by Crippen LogP contribution is 2.09. The van der Waals surface area contributed by atoms with E-state index in [1.165, 1.54) is 0 Å². The van der Waals surface area contributed by atoms with Crippen molar-refractivity contribution >= 4 is 11.6 Å². The van der Waals surface area contributed by atoms with Crippen molar-refractivity contribution in [2.24, 2.45) is 0 Å². The largest absolute Gasteiger partial charge is 0.264 e. The summed E-state index contributed by atoms with van der Waals surface area (Å²) in [5, 5.41) is 0.534. The van der Waals surface area contributed by atoms with E-state index in [1.54, 1.807) is 12.3 Å². The van der Waals surface area contributed by atoms with Gasteiger partial charge in [-0.25, -0.2) is 4.98 Å². The van der Waals surface area contributed by atoms with Crippen LogP contribution in [0.1, 0.15) is 11.3 Å². The van der Waals surface area contributed by atoms with Gasteiger partial charge in [0.05, 0.1) is 0 Å². The SMILES string of the molecule is Clc1cccc(Cc2cccnc2)n1. The van der Waals surface area contributed by atoms with Crippen LogP contribution in [-0.4, -0.2) is 9.97 Å². The molecular weight excluding hydrogens is 196 g/mol. The molecule has 0 amide bonds. The van der Waals surface area contributed by atoms with Crippen LogP contribution in [0.5, 0.6) is 0 Å². The summed E-state index contributed by atoms with van der Waals surface area (Å²) in [7, 11) is 0. The van der Waals surface area contributed by atoms with E-state index in [-0.39, 0.29) is 0 Å². The van der Waals surface area contributed by atoms with Crippen LogP contribution in [-0.2, 0) is 6.42 Å². The molecule has 0 aliphatic rings. The summed E-state index contributed by atoms with van der Waals surface area (Å²) in [4.78, 5) is 8.25. The Hall–Kier alpha value is -1.41. The van der Waals surface area contributed by atoms with Crippen LogP contribution in [0.4, 0.5) is 0 Å². The van der Waals surface area contributed by atoms with Crippen molar-refractivity contribution in [3.8, 4) is 0 Å². The molecule has 0 unspecified atom stereocenters. The van der Waals surface area contributed by atoms with Crippen molar-refractivity contribution in [2.75, 3.05) is 0 Å². The number of aromatic nitrogens is 2. The summed E-state index contributed by atoms with van der Waals surface area (Å²) >= 11 is 5.78. The van der Waals surface area contributed by atoms with E-state index in [4.69, 9.17) is 11.6 Å². The number of nitrogens with zero attached hydrogens (tertiary/aromatic N) is 2. The molecule has 0 bridgehead atoms. The highest BCUT2D eigenvalue weighted by Gasteiger charge is 1.97. The van der Waals surface area contributed by atoms with Gasteiger partial charge < -0.3 is 0 Å². The lowest BCUT2D eigenvalue weighted by Crippen LogP contribution is -1.92. The third-order valence-corrected chi connectivity index (χ3v) is 2.09. The van der Waals surface area contributed by atoms with Gasteiger partial charge in [-0.2, -0.15) is 0 Å². The van der Waals surface area contributed by atoms with E-state index in [0.29, 0.717) is 5.15 Å². The molecule has 0 atom stereocenters. The molecule has 0 aliphatic carbocycles. The first kappa shape index (κ1) is 9.16. The van der Waals surface area contributed by atoms with Crippen LogP contribution in [0, 0.1) is 0 Å². The number of rotatable bonds is 2. The Kier molecular flexibility index (Phi) is 2.75. The van der Waals surface area contributed by atoms with E-state index in [1.807, 2.05) is 30.5 Å². The quantitative estimate of drug-likeness (QED) is 0.703.